The predicted molar refractivity (Wildman–Crippen MR) is 112 cm³/mol. The third kappa shape index (κ3) is 3.34. The Hall–Kier alpha value is -2.22. The molecular formula is C21H20N2O3S2. The van der Waals surface area contributed by atoms with Gasteiger partial charge in [-0.15, -0.1) is 23.5 Å². The van der Waals surface area contributed by atoms with E-state index in [4.69, 9.17) is 10.5 Å². The van der Waals surface area contributed by atoms with Gasteiger partial charge in [0.15, 0.2) is 6.10 Å². The topological polar surface area (TPSA) is 72.6 Å². The van der Waals surface area contributed by atoms with E-state index >= 15 is 0 Å². The predicted octanol–water partition coefficient (Wildman–Crippen LogP) is 3.14. The first-order valence-electron chi connectivity index (χ1n) is 8.90. The van der Waals surface area contributed by atoms with Crippen molar-refractivity contribution in [3.8, 4) is 0 Å². The summed E-state index contributed by atoms with van der Waals surface area (Å²) in [6.07, 6.45) is 1.35. The van der Waals surface area contributed by atoms with Crippen LogP contribution in [0.15, 0.2) is 71.3 Å². The van der Waals surface area contributed by atoms with Crippen molar-refractivity contribution in [3.05, 3.63) is 82.4 Å². The minimum atomic E-state index is -0.560. The molecule has 1 unspecified atom stereocenters. The van der Waals surface area contributed by atoms with E-state index in [1.807, 2.05) is 66.9 Å². The van der Waals surface area contributed by atoms with Gasteiger partial charge in [0, 0.05) is 10.7 Å². The Kier molecular flexibility index (Phi) is 5.48. The zero-order chi connectivity index (χ0) is 19.7. The monoisotopic (exact) mass is 412 g/mol. The molecule has 144 valence electrons. The maximum absolute atomic E-state index is 13.2. The fourth-order valence-corrected chi connectivity index (χ4v) is 5.57. The fraction of sp³-hybridized carbons (Fsp3) is 0.238. The largest absolute Gasteiger partial charge is 0.448 e. The summed E-state index contributed by atoms with van der Waals surface area (Å²) in [5, 5.41) is -0.196. The normalized spacial score (nSPS) is 21.4. The Balaban J connectivity index is 1.68. The van der Waals surface area contributed by atoms with Gasteiger partial charge >= 0.3 is 5.97 Å². The van der Waals surface area contributed by atoms with Gasteiger partial charge in [-0.25, -0.2) is 4.79 Å². The summed E-state index contributed by atoms with van der Waals surface area (Å²) in [5.41, 5.74) is 8.00. The maximum Gasteiger partial charge on any atom is 0.356 e. The van der Waals surface area contributed by atoms with Crippen LogP contribution in [0.4, 0.5) is 0 Å². The molecule has 4 rings (SSSR count). The van der Waals surface area contributed by atoms with Crippen LogP contribution >= 0.6 is 23.5 Å². The van der Waals surface area contributed by atoms with Gasteiger partial charge in [0.25, 0.3) is 0 Å². The quantitative estimate of drug-likeness (QED) is 0.601. The molecule has 2 aliphatic heterocycles. The Morgan fingerprint density at radius 2 is 1.71 bits per heavy atom. The maximum atomic E-state index is 13.2. The van der Waals surface area contributed by atoms with Crippen LogP contribution in [-0.4, -0.2) is 40.2 Å². The molecule has 1 saturated heterocycles. The van der Waals surface area contributed by atoms with Crippen molar-refractivity contribution >= 4 is 35.4 Å². The van der Waals surface area contributed by atoms with Gasteiger partial charge in [-0.1, -0.05) is 60.7 Å². The molecule has 0 radical (unpaired) electrons. The SMILES string of the molecule is CSC1=C(C(=O)OC(c2ccccc2)c2ccccc2)N2C(=O)C(N)[C@H]2SC1. The average molecular weight is 413 g/mol. The molecule has 7 heteroatoms. The van der Waals surface area contributed by atoms with E-state index in [1.165, 1.54) is 16.7 Å². The number of thioether (sulfide) groups is 2. The molecule has 2 heterocycles. The van der Waals surface area contributed by atoms with Crippen LogP contribution in [0.1, 0.15) is 17.2 Å². The summed E-state index contributed by atoms with van der Waals surface area (Å²) in [5.74, 6) is -0.0750. The van der Waals surface area contributed by atoms with Gasteiger partial charge in [0.05, 0.1) is 0 Å². The number of carbonyl (C=O) groups excluding carboxylic acids is 2. The molecule has 0 saturated carbocycles. The molecule has 5 nitrogen and oxygen atoms in total. The average Bonchev–Trinajstić information content (AvgIpc) is 2.76. The zero-order valence-corrected chi connectivity index (χ0v) is 16.9. The van der Waals surface area contributed by atoms with Crippen LogP contribution in [-0.2, 0) is 14.3 Å². The van der Waals surface area contributed by atoms with Crippen molar-refractivity contribution in [3.63, 3.8) is 0 Å². The number of benzene rings is 2. The smallest absolute Gasteiger partial charge is 0.356 e. The highest BCUT2D eigenvalue weighted by Crippen LogP contribution is 2.43. The van der Waals surface area contributed by atoms with Crippen LogP contribution in [0.25, 0.3) is 0 Å². The molecule has 2 aliphatic rings. The van der Waals surface area contributed by atoms with E-state index in [0.29, 0.717) is 11.4 Å². The zero-order valence-electron chi connectivity index (χ0n) is 15.3. The standard InChI is InChI=1S/C21H20N2O3S2/c1-27-15-12-28-20-16(22)19(24)23(20)17(15)21(25)26-18(13-8-4-2-5-9-13)14-10-6-3-7-11-14/h2-11,16,18,20H,12,22H2,1H3/t16?,20-/m1/s1. The summed E-state index contributed by atoms with van der Waals surface area (Å²) in [6, 6.07) is 18.7. The molecule has 28 heavy (non-hydrogen) atoms. The molecule has 2 aromatic rings. The Morgan fingerprint density at radius 3 is 2.25 bits per heavy atom. The molecular weight excluding hydrogens is 392 g/mol. The third-order valence-electron chi connectivity index (χ3n) is 4.84. The van der Waals surface area contributed by atoms with Gasteiger partial charge < -0.3 is 10.5 Å². The molecule has 2 atom stereocenters. The van der Waals surface area contributed by atoms with Crippen molar-refractivity contribution < 1.29 is 14.3 Å². The number of carbonyl (C=O) groups is 2. The lowest BCUT2D eigenvalue weighted by Gasteiger charge is -2.48. The number of β-lactam (4-membered cyclic amide) rings is 1. The first-order valence-corrected chi connectivity index (χ1v) is 11.2. The van der Waals surface area contributed by atoms with Crippen LogP contribution in [0.5, 0.6) is 0 Å². The Labute approximate surface area is 172 Å². The summed E-state index contributed by atoms with van der Waals surface area (Å²) >= 11 is 3.05. The van der Waals surface area contributed by atoms with Gasteiger partial charge in [-0.2, -0.15) is 0 Å². The minimum Gasteiger partial charge on any atom is -0.448 e. The van der Waals surface area contributed by atoms with E-state index in [0.717, 1.165) is 16.0 Å². The molecule has 0 aromatic heterocycles. The highest BCUT2D eigenvalue weighted by molar-refractivity contribution is 8.05. The second-order valence-corrected chi connectivity index (χ2v) is 8.52. The van der Waals surface area contributed by atoms with E-state index in [-0.39, 0.29) is 11.3 Å². The lowest BCUT2D eigenvalue weighted by Crippen LogP contribution is -2.68. The van der Waals surface area contributed by atoms with E-state index in [1.54, 1.807) is 11.8 Å². The summed E-state index contributed by atoms with van der Waals surface area (Å²) in [6.45, 7) is 0. The Morgan fingerprint density at radius 1 is 1.14 bits per heavy atom. The van der Waals surface area contributed by atoms with Crippen molar-refractivity contribution in [1.29, 1.82) is 0 Å². The molecule has 0 bridgehead atoms. The minimum absolute atomic E-state index is 0.196. The van der Waals surface area contributed by atoms with Crippen LogP contribution in [0, 0.1) is 0 Å². The number of amides is 1. The molecule has 2 aromatic carbocycles. The summed E-state index contributed by atoms with van der Waals surface area (Å²) in [7, 11) is 0. The highest BCUT2D eigenvalue weighted by Gasteiger charge is 2.52. The van der Waals surface area contributed by atoms with E-state index < -0.39 is 18.1 Å². The van der Waals surface area contributed by atoms with E-state index in [9.17, 15) is 9.59 Å². The second kappa shape index (κ2) is 8.03. The van der Waals surface area contributed by atoms with Gasteiger partial charge in [0.2, 0.25) is 5.91 Å². The van der Waals surface area contributed by atoms with Crippen molar-refractivity contribution in [1.82, 2.24) is 4.90 Å². The molecule has 0 spiro atoms. The van der Waals surface area contributed by atoms with Crippen molar-refractivity contribution in [2.45, 2.75) is 17.5 Å². The van der Waals surface area contributed by atoms with Crippen LogP contribution in [0.3, 0.4) is 0 Å². The Bertz CT molecular complexity index is 878. The summed E-state index contributed by atoms with van der Waals surface area (Å²) in [4.78, 5) is 27.9. The number of rotatable bonds is 5. The van der Waals surface area contributed by atoms with Gasteiger partial charge in [-0.3, -0.25) is 9.69 Å². The van der Waals surface area contributed by atoms with E-state index in [2.05, 4.69) is 0 Å². The number of ether oxygens (including phenoxy) is 1. The number of nitrogens with two attached hydrogens (primary N) is 1. The first-order chi connectivity index (χ1) is 13.6. The van der Waals surface area contributed by atoms with Gasteiger partial charge in [0.1, 0.15) is 17.1 Å². The second-order valence-electron chi connectivity index (χ2n) is 6.52. The fourth-order valence-electron chi connectivity index (χ4n) is 3.38. The van der Waals surface area contributed by atoms with Gasteiger partial charge in [-0.05, 0) is 17.4 Å². The van der Waals surface area contributed by atoms with Crippen LogP contribution in [0.2, 0.25) is 0 Å². The number of hydrogen-bond acceptors (Lipinski definition) is 6. The molecule has 1 amide bonds. The molecule has 1 fully saturated rings. The molecule has 0 aliphatic carbocycles. The lowest BCUT2D eigenvalue weighted by atomic mass is 10.0. The van der Waals surface area contributed by atoms with Crippen LogP contribution < -0.4 is 5.73 Å². The lowest BCUT2D eigenvalue weighted by molar-refractivity contribution is -0.152. The number of fused-ring (bicyclic) bond motifs is 1. The van der Waals surface area contributed by atoms with Crippen molar-refractivity contribution in [2.24, 2.45) is 5.73 Å². The number of esters is 1. The number of nitrogens with zero attached hydrogens (tertiary/aromatic N) is 1. The first kappa shape index (κ1) is 19.1. The van der Waals surface area contributed by atoms with Crippen molar-refractivity contribution in [2.75, 3.05) is 12.0 Å². The number of hydrogen-bond donors (Lipinski definition) is 1. The summed E-state index contributed by atoms with van der Waals surface area (Å²) < 4.78 is 5.98. The highest BCUT2D eigenvalue weighted by atomic mass is 32.2. The molecule has 2 N–H and O–H groups in total. The third-order valence-corrected chi connectivity index (χ3v) is 7.16.